The lowest BCUT2D eigenvalue weighted by Gasteiger charge is -2.36. The van der Waals surface area contributed by atoms with E-state index in [2.05, 4.69) is 16.7 Å². The second-order valence-electron chi connectivity index (χ2n) is 5.64. The van der Waals surface area contributed by atoms with E-state index in [9.17, 15) is 4.39 Å². The molecule has 0 radical (unpaired) electrons. The molecule has 1 fully saturated rings. The summed E-state index contributed by atoms with van der Waals surface area (Å²) in [5, 5.41) is 9.12. The highest BCUT2D eigenvalue weighted by Gasteiger charge is 2.20. The molecule has 0 unspecified atom stereocenters. The Morgan fingerprint density at radius 3 is 2.57 bits per heavy atom. The zero-order valence-electron chi connectivity index (χ0n) is 12.8. The molecule has 1 aliphatic heterocycles. The molecule has 0 atom stereocenters. The van der Waals surface area contributed by atoms with Gasteiger partial charge in [0.2, 0.25) is 0 Å². The van der Waals surface area contributed by atoms with Gasteiger partial charge in [-0.2, -0.15) is 5.26 Å². The lowest BCUT2D eigenvalue weighted by molar-refractivity contribution is 0.252. The van der Waals surface area contributed by atoms with Crippen molar-refractivity contribution in [3.05, 3.63) is 29.6 Å². The summed E-state index contributed by atoms with van der Waals surface area (Å²) in [6.45, 7) is 7.10. The monoisotopic (exact) mass is 289 g/mol. The van der Waals surface area contributed by atoms with Gasteiger partial charge in [0.15, 0.2) is 0 Å². The number of hydrogen-bond acceptors (Lipinski definition) is 3. The molecule has 1 aromatic carbocycles. The van der Waals surface area contributed by atoms with Crippen LogP contribution in [0.5, 0.6) is 0 Å². The van der Waals surface area contributed by atoms with Crippen LogP contribution in [0.1, 0.15) is 38.2 Å². The number of piperazine rings is 1. The average Bonchev–Trinajstić information content (AvgIpc) is 2.52. The summed E-state index contributed by atoms with van der Waals surface area (Å²) < 4.78 is 13.7. The van der Waals surface area contributed by atoms with Gasteiger partial charge in [0.1, 0.15) is 17.4 Å². The Morgan fingerprint density at radius 1 is 1.14 bits per heavy atom. The van der Waals surface area contributed by atoms with E-state index in [4.69, 9.17) is 5.26 Å². The molecule has 1 aromatic rings. The first-order valence-electron chi connectivity index (χ1n) is 7.92. The normalized spacial score (nSPS) is 16.0. The molecule has 4 heteroatoms. The smallest absolute Gasteiger partial charge is 0.143 e. The summed E-state index contributed by atoms with van der Waals surface area (Å²) >= 11 is 0. The van der Waals surface area contributed by atoms with Crippen molar-refractivity contribution in [3.8, 4) is 6.07 Å². The summed E-state index contributed by atoms with van der Waals surface area (Å²) in [7, 11) is 0. The Morgan fingerprint density at radius 2 is 1.90 bits per heavy atom. The van der Waals surface area contributed by atoms with Gasteiger partial charge in [-0.05, 0) is 25.1 Å². The van der Waals surface area contributed by atoms with Crippen LogP contribution in [0.2, 0.25) is 0 Å². The van der Waals surface area contributed by atoms with Crippen molar-refractivity contribution in [2.45, 2.75) is 32.6 Å². The minimum Gasteiger partial charge on any atom is -0.368 e. The third kappa shape index (κ3) is 4.18. The van der Waals surface area contributed by atoms with Gasteiger partial charge in [-0.25, -0.2) is 4.39 Å². The van der Waals surface area contributed by atoms with E-state index in [1.54, 1.807) is 6.07 Å². The Labute approximate surface area is 127 Å². The highest BCUT2D eigenvalue weighted by molar-refractivity contribution is 5.60. The van der Waals surface area contributed by atoms with Crippen molar-refractivity contribution in [1.29, 1.82) is 5.26 Å². The van der Waals surface area contributed by atoms with Crippen LogP contribution in [0.4, 0.5) is 10.1 Å². The summed E-state index contributed by atoms with van der Waals surface area (Å²) in [4.78, 5) is 4.60. The standard InChI is InChI=1S/C17H24FN3/c1-2-3-4-5-9-20-10-12-21(13-11-20)17-8-6-7-16(18)15(17)14-19/h6-8H,2-5,9-13H2,1H3. The van der Waals surface area contributed by atoms with Crippen LogP contribution in [-0.2, 0) is 0 Å². The van der Waals surface area contributed by atoms with E-state index < -0.39 is 5.82 Å². The predicted octanol–water partition coefficient (Wildman–Crippen LogP) is 3.40. The molecule has 0 bridgehead atoms. The van der Waals surface area contributed by atoms with Crippen molar-refractivity contribution < 1.29 is 4.39 Å². The topological polar surface area (TPSA) is 30.3 Å². The Kier molecular flexibility index (Phi) is 6.01. The number of nitrogens with zero attached hydrogens (tertiary/aromatic N) is 3. The first-order valence-corrected chi connectivity index (χ1v) is 7.92. The molecule has 0 aliphatic carbocycles. The SMILES string of the molecule is CCCCCCN1CCN(c2cccc(F)c2C#N)CC1. The van der Waals surface area contributed by atoms with E-state index >= 15 is 0 Å². The van der Waals surface area contributed by atoms with E-state index in [-0.39, 0.29) is 5.56 Å². The maximum absolute atomic E-state index is 13.7. The predicted molar refractivity (Wildman–Crippen MR) is 83.9 cm³/mol. The summed E-state index contributed by atoms with van der Waals surface area (Å²) in [6, 6.07) is 6.87. The van der Waals surface area contributed by atoms with Gasteiger partial charge in [-0.1, -0.05) is 32.3 Å². The Bertz CT molecular complexity index is 487. The van der Waals surface area contributed by atoms with Gasteiger partial charge in [-0.3, -0.25) is 4.90 Å². The Hall–Kier alpha value is -1.60. The molecule has 3 nitrogen and oxygen atoms in total. The Balaban J connectivity index is 1.87. The molecule has 21 heavy (non-hydrogen) atoms. The van der Waals surface area contributed by atoms with Crippen LogP contribution in [-0.4, -0.2) is 37.6 Å². The van der Waals surface area contributed by atoms with Crippen molar-refractivity contribution in [3.63, 3.8) is 0 Å². The van der Waals surface area contributed by atoms with E-state index in [0.717, 1.165) is 38.4 Å². The van der Waals surface area contributed by atoms with Crippen LogP contribution in [0, 0.1) is 17.1 Å². The van der Waals surface area contributed by atoms with E-state index in [0.29, 0.717) is 0 Å². The van der Waals surface area contributed by atoms with Crippen molar-refractivity contribution in [2.75, 3.05) is 37.6 Å². The molecule has 0 spiro atoms. The second kappa shape index (κ2) is 7.99. The van der Waals surface area contributed by atoms with Gasteiger partial charge in [0.05, 0.1) is 5.69 Å². The van der Waals surface area contributed by atoms with E-state index in [1.165, 1.54) is 31.7 Å². The average molecular weight is 289 g/mol. The fourth-order valence-corrected chi connectivity index (χ4v) is 2.86. The van der Waals surface area contributed by atoms with Gasteiger partial charge in [-0.15, -0.1) is 0 Å². The van der Waals surface area contributed by atoms with E-state index in [1.807, 2.05) is 12.1 Å². The number of halogens is 1. The van der Waals surface area contributed by atoms with Crippen LogP contribution < -0.4 is 4.90 Å². The molecule has 2 rings (SSSR count). The molecule has 0 aromatic heterocycles. The third-order valence-electron chi connectivity index (χ3n) is 4.14. The van der Waals surface area contributed by atoms with Crippen LogP contribution in [0.15, 0.2) is 18.2 Å². The van der Waals surface area contributed by atoms with Gasteiger partial charge < -0.3 is 4.90 Å². The summed E-state index contributed by atoms with van der Waals surface area (Å²) in [5.74, 6) is -0.419. The number of anilines is 1. The molecule has 114 valence electrons. The molecule has 1 aliphatic rings. The van der Waals surface area contributed by atoms with Crippen molar-refractivity contribution >= 4 is 5.69 Å². The first-order chi connectivity index (χ1) is 10.3. The fraction of sp³-hybridized carbons (Fsp3) is 0.588. The van der Waals surface area contributed by atoms with Gasteiger partial charge >= 0.3 is 0 Å². The summed E-state index contributed by atoms with van der Waals surface area (Å²) in [5.41, 5.74) is 0.914. The highest BCUT2D eigenvalue weighted by atomic mass is 19.1. The number of hydrogen-bond donors (Lipinski definition) is 0. The molecular formula is C17H24FN3. The molecule has 0 N–H and O–H groups in total. The zero-order valence-corrected chi connectivity index (χ0v) is 12.8. The lowest BCUT2D eigenvalue weighted by Crippen LogP contribution is -2.46. The molecule has 1 saturated heterocycles. The number of unbranched alkanes of at least 4 members (excludes halogenated alkanes) is 3. The van der Waals surface area contributed by atoms with Gasteiger partial charge in [0, 0.05) is 26.2 Å². The lowest BCUT2D eigenvalue weighted by atomic mass is 10.1. The molecule has 0 saturated carbocycles. The number of benzene rings is 1. The summed E-state index contributed by atoms with van der Waals surface area (Å²) in [6.07, 6.45) is 5.15. The van der Waals surface area contributed by atoms with Crippen LogP contribution in [0.3, 0.4) is 0 Å². The maximum Gasteiger partial charge on any atom is 0.143 e. The minimum atomic E-state index is -0.419. The quantitative estimate of drug-likeness (QED) is 0.752. The van der Waals surface area contributed by atoms with Crippen LogP contribution in [0.25, 0.3) is 0 Å². The van der Waals surface area contributed by atoms with Crippen molar-refractivity contribution in [2.24, 2.45) is 0 Å². The molecule has 1 heterocycles. The third-order valence-corrected chi connectivity index (χ3v) is 4.14. The molecule has 0 amide bonds. The van der Waals surface area contributed by atoms with Gasteiger partial charge in [0.25, 0.3) is 0 Å². The molecular weight excluding hydrogens is 265 g/mol. The van der Waals surface area contributed by atoms with Crippen LogP contribution >= 0.6 is 0 Å². The minimum absolute atomic E-state index is 0.175. The largest absolute Gasteiger partial charge is 0.368 e. The van der Waals surface area contributed by atoms with Crippen molar-refractivity contribution in [1.82, 2.24) is 4.90 Å². The number of nitriles is 1. The zero-order chi connectivity index (χ0) is 15.1. The second-order valence-corrected chi connectivity index (χ2v) is 5.64. The maximum atomic E-state index is 13.7. The fourth-order valence-electron chi connectivity index (χ4n) is 2.86. The first kappa shape index (κ1) is 15.8. The number of rotatable bonds is 6. The highest BCUT2D eigenvalue weighted by Crippen LogP contribution is 2.23.